The molecule has 7 nitrogen and oxygen atoms in total. The van der Waals surface area contributed by atoms with Crippen LogP contribution in [0.4, 0.5) is 13.2 Å². The lowest BCUT2D eigenvalue weighted by Gasteiger charge is -2.11. The van der Waals surface area contributed by atoms with Crippen LogP contribution in [0.3, 0.4) is 0 Å². The van der Waals surface area contributed by atoms with E-state index in [2.05, 4.69) is 25.8 Å². The van der Waals surface area contributed by atoms with E-state index in [-0.39, 0.29) is 23.0 Å². The largest absolute Gasteiger partial charge is 0.472 e. The van der Waals surface area contributed by atoms with E-state index >= 15 is 0 Å². The Hall–Kier alpha value is -2.75. The molecule has 26 heavy (non-hydrogen) atoms. The quantitative estimate of drug-likeness (QED) is 0.532. The molecule has 11 heteroatoms. The summed E-state index contributed by atoms with van der Waals surface area (Å²) in [6, 6.07) is 2.63. The van der Waals surface area contributed by atoms with Gasteiger partial charge in [0.1, 0.15) is 0 Å². The molecule has 3 aromatic rings. The Balaban J connectivity index is 1.74. The summed E-state index contributed by atoms with van der Waals surface area (Å²) in [5, 5.41) is 13.6. The van der Waals surface area contributed by atoms with Gasteiger partial charge in [-0.25, -0.2) is 0 Å². The fraction of sp³-hybridized carbons (Fsp3) is 0.267. The lowest BCUT2D eigenvalue weighted by Crippen LogP contribution is -2.36. The van der Waals surface area contributed by atoms with Crippen molar-refractivity contribution in [1.29, 1.82) is 0 Å². The van der Waals surface area contributed by atoms with Crippen molar-refractivity contribution in [3.8, 4) is 0 Å². The van der Waals surface area contributed by atoms with Crippen LogP contribution in [0.2, 0.25) is 5.02 Å². The van der Waals surface area contributed by atoms with E-state index in [9.17, 15) is 13.2 Å². The van der Waals surface area contributed by atoms with Crippen molar-refractivity contribution in [2.24, 2.45) is 4.99 Å². The van der Waals surface area contributed by atoms with Crippen LogP contribution in [0.1, 0.15) is 17.0 Å². The summed E-state index contributed by atoms with van der Waals surface area (Å²) in [6.45, 7) is 0.574. The maximum absolute atomic E-state index is 13.0. The van der Waals surface area contributed by atoms with Gasteiger partial charge in [0.15, 0.2) is 17.4 Å². The Morgan fingerprint density at radius 2 is 2.08 bits per heavy atom. The molecule has 0 saturated heterocycles. The number of nitrogens with zero attached hydrogens (tertiary/aromatic N) is 4. The Morgan fingerprint density at radius 1 is 1.31 bits per heavy atom. The maximum Gasteiger partial charge on any atom is 0.417 e. The van der Waals surface area contributed by atoms with Gasteiger partial charge in [0, 0.05) is 25.4 Å². The van der Waals surface area contributed by atoms with Crippen molar-refractivity contribution in [2.45, 2.75) is 19.3 Å². The highest BCUT2D eigenvalue weighted by molar-refractivity contribution is 6.33. The van der Waals surface area contributed by atoms with E-state index in [1.807, 2.05) is 0 Å². The second kappa shape index (κ2) is 7.24. The fourth-order valence-electron chi connectivity index (χ4n) is 2.24. The molecule has 0 radical (unpaired) electrons. The first-order valence-electron chi connectivity index (χ1n) is 7.44. The van der Waals surface area contributed by atoms with Crippen molar-refractivity contribution >= 4 is 23.2 Å². The second-order valence-corrected chi connectivity index (χ2v) is 5.70. The van der Waals surface area contributed by atoms with Gasteiger partial charge in [0.2, 0.25) is 0 Å². The highest BCUT2D eigenvalue weighted by Crippen LogP contribution is 2.32. The fourth-order valence-corrected chi connectivity index (χ4v) is 2.48. The van der Waals surface area contributed by atoms with Crippen molar-refractivity contribution in [2.75, 3.05) is 7.05 Å². The predicted molar refractivity (Wildman–Crippen MR) is 88.7 cm³/mol. The van der Waals surface area contributed by atoms with Gasteiger partial charge in [-0.3, -0.25) is 9.39 Å². The summed E-state index contributed by atoms with van der Waals surface area (Å²) >= 11 is 5.89. The molecule has 0 fully saturated rings. The molecule has 3 rings (SSSR count). The smallest absolute Gasteiger partial charge is 0.417 e. The SMILES string of the molecule is CN=C(NCc1ccoc1)NCc1nnc2c(Cl)cc(C(F)(F)F)cn12. The van der Waals surface area contributed by atoms with Crippen LogP contribution >= 0.6 is 11.6 Å². The zero-order valence-corrected chi connectivity index (χ0v) is 14.3. The monoisotopic (exact) mass is 386 g/mol. The number of rotatable bonds is 4. The van der Waals surface area contributed by atoms with E-state index in [0.717, 1.165) is 17.8 Å². The Labute approximate surface area is 150 Å². The maximum atomic E-state index is 13.0. The van der Waals surface area contributed by atoms with E-state index in [1.54, 1.807) is 25.6 Å². The first kappa shape index (κ1) is 18.1. The van der Waals surface area contributed by atoms with E-state index in [0.29, 0.717) is 12.5 Å². The number of alkyl halides is 3. The number of nitrogens with one attached hydrogen (secondary N) is 2. The van der Waals surface area contributed by atoms with Gasteiger partial charge in [0.05, 0.1) is 29.7 Å². The van der Waals surface area contributed by atoms with Crippen LogP contribution in [0.5, 0.6) is 0 Å². The molecule has 0 aliphatic heterocycles. The minimum absolute atomic E-state index is 0.101. The van der Waals surface area contributed by atoms with Crippen LogP contribution in [-0.2, 0) is 19.3 Å². The van der Waals surface area contributed by atoms with E-state index in [4.69, 9.17) is 16.0 Å². The van der Waals surface area contributed by atoms with Crippen LogP contribution in [0.15, 0.2) is 40.3 Å². The van der Waals surface area contributed by atoms with Crippen LogP contribution in [0, 0.1) is 0 Å². The summed E-state index contributed by atoms with van der Waals surface area (Å²) in [7, 11) is 1.57. The molecular weight excluding hydrogens is 373 g/mol. The highest BCUT2D eigenvalue weighted by Gasteiger charge is 2.32. The number of pyridine rings is 1. The number of aliphatic imine (C=N–C) groups is 1. The number of furan rings is 1. The average Bonchev–Trinajstić information content (AvgIpc) is 3.24. The topological polar surface area (TPSA) is 79.8 Å². The van der Waals surface area contributed by atoms with Gasteiger partial charge in [-0.05, 0) is 12.1 Å². The normalized spacial score (nSPS) is 12.6. The molecule has 0 amide bonds. The zero-order chi connectivity index (χ0) is 18.7. The molecule has 0 bridgehead atoms. The summed E-state index contributed by atoms with van der Waals surface area (Å²) in [5.74, 6) is 0.709. The van der Waals surface area contributed by atoms with Crippen molar-refractivity contribution in [3.05, 3.63) is 52.8 Å². The van der Waals surface area contributed by atoms with Gasteiger partial charge < -0.3 is 15.1 Å². The first-order valence-corrected chi connectivity index (χ1v) is 7.82. The number of guanidine groups is 1. The van der Waals surface area contributed by atoms with Crippen LogP contribution in [0.25, 0.3) is 5.65 Å². The minimum Gasteiger partial charge on any atom is -0.472 e. The molecule has 0 aliphatic carbocycles. The third-order valence-corrected chi connectivity index (χ3v) is 3.81. The molecular formula is C15H14ClF3N6O. The molecule has 0 atom stereocenters. The number of halogens is 4. The standard InChI is InChI=1S/C15H14ClF3N6O/c1-20-14(21-5-9-2-3-26-8-9)22-6-12-23-24-13-11(16)4-10(7-25(12)13)15(17,18)19/h2-4,7-8H,5-6H2,1H3,(H2,20,21,22). The van der Waals surface area contributed by atoms with Crippen molar-refractivity contribution in [1.82, 2.24) is 25.2 Å². The lowest BCUT2D eigenvalue weighted by atomic mass is 10.3. The Morgan fingerprint density at radius 3 is 2.73 bits per heavy atom. The molecule has 0 spiro atoms. The summed E-state index contributed by atoms with van der Waals surface area (Å²) in [5.41, 5.74) is 0.193. The molecule has 0 aromatic carbocycles. The van der Waals surface area contributed by atoms with Gasteiger partial charge in [-0.15, -0.1) is 10.2 Å². The van der Waals surface area contributed by atoms with E-state index < -0.39 is 11.7 Å². The molecule has 0 unspecified atom stereocenters. The Bertz CT molecular complexity index is 919. The molecule has 2 N–H and O–H groups in total. The lowest BCUT2D eigenvalue weighted by molar-refractivity contribution is -0.137. The van der Waals surface area contributed by atoms with Crippen LogP contribution < -0.4 is 10.6 Å². The number of hydrogen-bond acceptors (Lipinski definition) is 4. The third-order valence-electron chi connectivity index (χ3n) is 3.54. The number of aromatic nitrogens is 3. The van der Waals surface area contributed by atoms with Crippen molar-refractivity contribution in [3.63, 3.8) is 0 Å². The van der Waals surface area contributed by atoms with Gasteiger partial charge in [0.25, 0.3) is 0 Å². The highest BCUT2D eigenvalue weighted by atomic mass is 35.5. The minimum atomic E-state index is -4.52. The van der Waals surface area contributed by atoms with Gasteiger partial charge in [-0.1, -0.05) is 11.6 Å². The van der Waals surface area contributed by atoms with Gasteiger partial charge in [-0.2, -0.15) is 13.2 Å². The second-order valence-electron chi connectivity index (χ2n) is 5.30. The molecule has 0 saturated carbocycles. The third kappa shape index (κ3) is 3.90. The van der Waals surface area contributed by atoms with Crippen molar-refractivity contribution < 1.29 is 17.6 Å². The van der Waals surface area contributed by atoms with Gasteiger partial charge >= 0.3 is 6.18 Å². The zero-order valence-electron chi connectivity index (χ0n) is 13.5. The molecule has 0 aliphatic rings. The average molecular weight is 387 g/mol. The Kier molecular flexibility index (Phi) is 5.03. The van der Waals surface area contributed by atoms with Crippen LogP contribution in [-0.4, -0.2) is 27.6 Å². The summed E-state index contributed by atoms with van der Waals surface area (Å²) in [6.07, 6.45) is -0.459. The summed E-state index contributed by atoms with van der Waals surface area (Å²) < 4.78 is 45.1. The molecule has 3 heterocycles. The number of hydrogen-bond donors (Lipinski definition) is 2. The first-order chi connectivity index (χ1) is 12.4. The predicted octanol–water partition coefficient (Wildman–Crippen LogP) is 2.86. The molecule has 3 aromatic heterocycles. The summed E-state index contributed by atoms with van der Waals surface area (Å²) in [4.78, 5) is 4.04. The number of fused-ring (bicyclic) bond motifs is 1. The molecule has 138 valence electrons. The van der Waals surface area contributed by atoms with E-state index in [1.165, 1.54) is 4.40 Å².